The van der Waals surface area contributed by atoms with E-state index in [2.05, 4.69) is 19.2 Å². The Morgan fingerprint density at radius 2 is 1.83 bits per heavy atom. The van der Waals surface area contributed by atoms with Crippen LogP contribution in [0.5, 0.6) is 0 Å². The average Bonchev–Trinajstić information content (AvgIpc) is 3.09. The van der Waals surface area contributed by atoms with Crippen LogP contribution in [0.2, 0.25) is 0 Å². The standard InChI is InChI=1S/C22H26N2O4S/c1-4-15(2)19-7-5-6-8-20(19)24-14-16(13-21(24)25)22(26)23-17-9-11-18(12-10-17)29(3,27)28/h5-12,15-16H,4,13-14H2,1-3H3,(H,23,26). The van der Waals surface area contributed by atoms with E-state index in [1.807, 2.05) is 24.3 Å². The highest BCUT2D eigenvalue weighted by molar-refractivity contribution is 7.90. The first kappa shape index (κ1) is 21.0. The SMILES string of the molecule is CCC(C)c1ccccc1N1CC(C(=O)Nc2ccc(S(C)(=O)=O)cc2)CC1=O. The Morgan fingerprint density at radius 1 is 1.17 bits per heavy atom. The van der Waals surface area contributed by atoms with Gasteiger partial charge in [0.05, 0.1) is 10.8 Å². The van der Waals surface area contributed by atoms with Crippen LogP contribution >= 0.6 is 0 Å². The quantitative estimate of drug-likeness (QED) is 0.783. The Kier molecular flexibility index (Phi) is 6.07. The highest BCUT2D eigenvalue weighted by Gasteiger charge is 2.36. The summed E-state index contributed by atoms with van der Waals surface area (Å²) in [5, 5.41) is 2.79. The third-order valence-corrected chi connectivity index (χ3v) is 6.55. The first-order valence-corrected chi connectivity index (χ1v) is 11.6. The van der Waals surface area contributed by atoms with Crippen LogP contribution < -0.4 is 10.2 Å². The smallest absolute Gasteiger partial charge is 0.229 e. The number of benzene rings is 2. The molecule has 1 saturated heterocycles. The number of rotatable bonds is 6. The van der Waals surface area contributed by atoms with E-state index in [0.717, 1.165) is 23.9 Å². The van der Waals surface area contributed by atoms with Gasteiger partial charge in [0.1, 0.15) is 0 Å². The number of nitrogens with zero attached hydrogens (tertiary/aromatic N) is 1. The fraction of sp³-hybridized carbons (Fsp3) is 0.364. The minimum absolute atomic E-state index is 0.0617. The van der Waals surface area contributed by atoms with Crippen molar-refractivity contribution in [2.45, 2.75) is 37.5 Å². The second kappa shape index (κ2) is 8.37. The summed E-state index contributed by atoms with van der Waals surface area (Å²) in [5.74, 6) is -0.440. The van der Waals surface area contributed by atoms with Gasteiger partial charge in [0.25, 0.3) is 0 Å². The molecule has 2 unspecified atom stereocenters. The Morgan fingerprint density at radius 3 is 2.45 bits per heavy atom. The van der Waals surface area contributed by atoms with Crippen molar-refractivity contribution in [1.29, 1.82) is 0 Å². The van der Waals surface area contributed by atoms with E-state index >= 15 is 0 Å². The lowest BCUT2D eigenvalue weighted by molar-refractivity contribution is -0.122. The predicted molar refractivity (Wildman–Crippen MR) is 114 cm³/mol. The number of sulfone groups is 1. The van der Waals surface area contributed by atoms with Crippen molar-refractivity contribution in [2.24, 2.45) is 5.92 Å². The average molecular weight is 415 g/mol. The van der Waals surface area contributed by atoms with E-state index in [1.165, 1.54) is 12.1 Å². The Hall–Kier alpha value is -2.67. The van der Waals surface area contributed by atoms with Gasteiger partial charge in [0, 0.05) is 30.6 Å². The third kappa shape index (κ3) is 4.67. The molecule has 2 aromatic carbocycles. The van der Waals surface area contributed by atoms with Crippen LogP contribution in [0.3, 0.4) is 0 Å². The molecule has 0 saturated carbocycles. The van der Waals surface area contributed by atoms with E-state index in [9.17, 15) is 18.0 Å². The van der Waals surface area contributed by atoms with Crippen LogP contribution in [0.15, 0.2) is 53.4 Å². The van der Waals surface area contributed by atoms with Gasteiger partial charge in [-0.1, -0.05) is 32.0 Å². The van der Waals surface area contributed by atoms with Gasteiger partial charge >= 0.3 is 0 Å². The van der Waals surface area contributed by atoms with E-state index in [1.54, 1.807) is 17.0 Å². The van der Waals surface area contributed by atoms with Gasteiger partial charge in [-0.05, 0) is 48.2 Å². The monoisotopic (exact) mass is 414 g/mol. The maximum atomic E-state index is 12.7. The lowest BCUT2D eigenvalue weighted by atomic mass is 9.96. The summed E-state index contributed by atoms with van der Waals surface area (Å²) in [6.07, 6.45) is 2.26. The third-order valence-electron chi connectivity index (χ3n) is 5.42. The van der Waals surface area contributed by atoms with Gasteiger partial charge in [-0.25, -0.2) is 8.42 Å². The van der Waals surface area contributed by atoms with Gasteiger partial charge in [-0.3, -0.25) is 9.59 Å². The summed E-state index contributed by atoms with van der Waals surface area (Å²) >= 11 is 0. The van der Waals surface area contributed by atoms with Crippen molar-refractivity contribution in [3.8, 4) is 0 Å². The molecule has 2 aromatic rings. The molecule has 0 aliphatic carbocycles. The molecule has 1 heterocycles. The molecule has 154 valence electrons. The summed E-state index contributed by atoms with van der Waals surface area (Å²) in [6.45, 7) is 4.57. The van der Waals surface area contributed by atoms with E-state index in [4.69, 9.17) is 0 Å². The normalized spacial score (nSPS) is 18.0. The van der Waals surface area contributed by atoms with Crippen molar-refractivity contribution in [3.05, 3.63) is 54.1 Å². The molecule has 7 heteroatoms. The Labute approximate surface area is 171 Å². The molecule has 1 aliphatic rings. The summed E-state index contributed by atoms with van der Waals surface area (Å²) in [4.78, 5) is 27.2. The largest absolute Gasteiger partial charge is 0.326 e. The number of nitrogens with one attached hydrogen (secondary N) is 1. The number of anilines is 2. The second-order valence-corrected chi connectivity index (χ2v) is 9.58. The van der Waals surface area contributed by atoms with Gasteiger partial charge in [-0.2, -0.15) is 0 Å². The molecular weight excluding hydrogens is 388 g/mol. The molecule has 0 spiro atoms. The summed E-state index contributed by atoms with van der Waals surface area (Å²) < 4.78 is 23.1. The first-order chi connectivity index (χ1) is 13.7. The molecule has 6 nitrogen and oxygen atoms in total. The molecule has 1 N–H and O–H groups in total. The van der Waals surface area contributed by atoms with Crippen LogP contribution in [0.25, 0.3) is 0 Å². The lowest BCUT2D eigenvalue weighted by Crippen LogP contribution is -2.29. The summed E-state index contributed by atoms with van der Waals surface area (Å²) in [7, 11) is -3.29. The zero-order valence-electron chi connectivity index (χ0n) is 16.9. The molecular formula is C22H26N2O4S. The minimum Gasteiger partial charge on any atom is -0.326 e. The van der Waals surface area contributed by atoms with Crippen LogP contribution in [-0.4, -0.2) is 33.0 Å². The number of para-hydroxylation sites is 1. The zero-order chi connectivity index (χ0) is 21.2. The zero-order valence-corrected chi connectivity index (χ0v) is 17.7. The first-order valence-electron chi connectivity index (χ1n) is 9.71. The fourth-order valence-corrected chi connectivity index (χ4v) is 4.15. The highest BCUT2D eigenvalue weighted by atomic mass is 32.2. The molecule has 0 bridgehead atoms. The number of carbonyl (C=O) groups excluding carboxylic acids is 2. The van der Waals surface area contributed by atoms with Gasteiger partial charge in [0.2, 0.25) is 11.8 Å². The predicted octanol–water partition coefficient (Wildman–Crippen LogP) is 3.60. The maximum Gasteiger partial charge on any atom is 0.229 e. The van der Waals surface area contributed by atoms with Gasteiger partial charge < -0.3 is 10.2 Å². The molecule has 3 rings (SSSR count). The fourth-order valence-electron chi connectivity index (χ4n) is 3.52. The van der Waals surface area contributed by atoms with Crippen molar-refractivity contribution in [1.82, 2.24) is 0 Å². The summed E-state index contributed by atoms with van der Waals surface area (Å²) in [5.41, 5.74) is 2.49. The highest BCUT2D eigenvalue weighted by Crippen LogP contribution is 2.33. The van der Waals surface area contributed by atoms with Crippen molar-refractivity contribution in [3.63, 3.8) is 0 Å². The van der Waals surface area contributed by atoms with Crippen molar-refractivity contribution in [2.75, 3.05) is 23.0 Å². The topological polar surface area (TPSA) is 83.6 Å². The molecule has 2 amide bonds. The Balaban J connectivity index is 1.73. The number of amides is 2. The van der Waals surface area contributed by atoms with Crippen LogP contribution in [0, 0.1) is 5.92 Å². The van der Waals surface area contributed by atoms with Crippen LogP contribution in [-0.2, 0) is 19.4 Å². The molecule has 0 radical (unpaired) electrons. The van der Waals surface area contributed by atoms with Crippen molar-refractivity contribution < 1.29 is 18.0 Å². The number of carbonyl (C=O) groups is 2. The number of hydrogen-bond acceptors (Lipinski definition) is 4. The maximum absolute atomic E-state index is 12.7. The molecule has 1 aliphatic heterocycles. The molecule has 2 atom stereocenters. The molecule has 29 heavy (non-hydrogen) atoms. The summed E-state index contributed by atoms with van der Waals surface area (Å²) in [6, 6.07) is 13.9. The van der Waals surface area contributed by atoms with Crippen molar-refractivity contribution >= 4 is 33.0 Å². The molecule has 1 fully saturated rings. The van der Waals surface area contributed by atoms with E-state index in [-0.39, 0.29) is 23.1 Å². The lowest BCUT2D eigenvalue weighted by Gasteiger charge is -2.23. The van der Waals surface area contributed by atoms with Crippen LogP contribution in [0.1, 0.15) is 38.2 Å². The molecule has 0 aromatic heterocycles. The van der Waals surface area contributed by atoms with Gasteiger partial charge in [0.15, 0.2) is 9.84 Å². The second-order valence-electron chi connectivity index (χ2n) is 7.56. The Bertz CT molecular complexity index is 1020. The number of hydrogen-bond donors (Lipinski definition) is 1. The van der Waals surface area contributed by atoms with Crippen LogP contribution in [0.4, 0.5) is 11.4 Å². The minimum atomic E-state index is -3.29. The van der Waals surface area contributed by atoms with E-state index < -0.39 is 15.8 Å². The van der Waals surface area contributed by atoms with E-state index in [0.29, 0.717) is 18.2 Å². The van der Waals surface area contributed by atoms with Gasteiger partial charge in [-0.15, -0.1) is 0 Å².